The molecule has 0 saturated heterocycles. The van der Waals surface area contributed by atoms with Gasteiger partial charge in [0.25, 0.3) is 5.91 Å². The minimum Gasteiger partial charge on any atom is -0.339 e. The number of rotatable bonds is 3. The molecule has 0 aliphatic heterocycles. The van der Waals surface area contributed by atoms with Crippen LogP contribution in [0.1, 0.15) is 48.2 Å². The van der Waals surface area contributed by atoms with Gasteiger partial charge in [0.05, 0.1) is 5.69 Å². The van der Waals surface area contributed by atoms with Gasteiger partial charge in [0.15, 0.2) is 0 Å². The average Bonchev–Trinajstić information content (AvgIpc) is 2.46. The molecule has 5 heteroatoms. The summed E-state index contributed by atoms with van der Waals surface area (Å²) in [5.41, 5.74) is 7.01. The summed E-state index contributed by atoms with van der Waals surface area (Å²) in [4.78, 5) is 18.4. The van der Waals surface area contributed by atoms with Gasteiger partial charge in [0, 0.05) is 31.4 Å². The van der Waals surface area contributed by atoms with Gasteiger partial charge in [-0.25, -0.2) is 0 Å². The van der Waals surface area contributed by atoms with Crippen molar-refractivity contribution < 1.29 is 4.79 Å². The van der Waals surface area contributed by atoms with Crippen LogP contribution in [0.2, 0.25) is 0 Å². The highest BCUT2D eigenvalue weighted by Gasteiger charge is 2.22. The monoisotopic (exact) mass is 283 g/mol. The number of hydrogen-bond donors (Lipinski definition) is 1. The van der Waals surface area contributed by atoms with Gasteiger partial charge in [-0.15, -0.1) is 12.4 Å². The number of aromatic nitrogens is 1. The molecule has 0 atom stereocenters. The molecule has 1 aromatic heterocycles. The molecule has 2 N–H and O–H groups in total. The number of nitrogens with two attached hydrogens (primary N) is 1. The van der Waals surface area contributed by atoms with E-state index in [1.165, 1.54) is 19.3 Å². The van der Waals surface area contributed by atoms with Crippen molar-refractivity contribution in [3.8, 4) is 0 Å². The fourth-order valence-corrected chi connectivity index (χ4v) is 2.56. The molecule has 106 valence electrons. The molecule has 4 nitrogen and oxygen atoms in total. The van der Waals surface area contributed by atoms with Gasteiger partial charge in [0.1, 0.15) is 0 Å². The zero-order valence-electron chi connectivity index (χ0n) is 11.3. The Labute approximate surface area is 120 Å². The molecular formula is C14H22ClN3O. The van der Waals surface area contributed by atoms with Crippen LogP contribution in [0, 0.1) is 0 Å². The van der Waals surface area contributed by atoms with Crippen LogP contribution in [0.15, 0.2) is 18.3 Å². The second kappa shape index (κ2) is 7.46. The molecule has 0 bridgehead atoms. The molecule has 1 aliphatic rings. The zero-order chi connectivity index (χ0) is 13.0. The van der Waals surface area contributed by atoms with Crippen molar-refractivity contribution in [2.75, 3.05) is 7.05 Å². The topological polar surface area (TPSA) is 59.2 Å². The first kappa shape index (κ1) is 15.9. The number of nitrogens with zero attached hydrogens (tertiary/aromatic N) is 2. The summed E-state index contributed by atoms with van der Waals surface area (Å²) in [5.74, 6) is 0.0824. The summed E-state index contributed by atoms with van der Waals surface area (Å²) < 4.78 is 0. The van der Waals surface area contributed by atoms with E-state index < -0.39 is 0 Å². The predicted octanol–water partition coefficient (Wildman–Crippen LogP) is 2.37. The van der Waals surface area contributed by atoms with E-state index >= 15 is 0 Å². The van der Waals surface area contributed by atoms with Crippen molar-refractivity contribution in [1.82, 2.24) is 9.88 Å². The lowest BCUT2D eigenvalue weighted by Crippen LogP contribution is -2.38. The number of pyridine rings is 1. The molecule has 2 rings (SSSR count). The fourth-order valence-electron chi connectivity index (χ4n) is 2.56. The molecule has 1 amide bonds. The Morgan fingerprint density at radius 3 is 2.74 bits per heavy atom. The van der Waals surface area contributed by atoms with Gasteiger partial charge < -0.3 is 10.6 Å². The van der Waals surface area contributed by atoms with Gasteiger partial charge in [-0.2, -0.15) is 0 Å². The third-order valence-corrected chi connectivity index (χ3v) is 3.72. The Kier molecular flexibility index (Phi) is 6.25. The SMILES string of the molecule is CN(C(=O)c1ccnc(CN)c1)C1CCCCC1.Cl. The normalized spacial score (nSPS) is 15.7. The summed E-state index contributed by atoms with van der Waals surface area (Å²) in [7, 11) is 1.90. The third kappa shape index (κ3) is 3.91. The minimum absolute atomic E-state index is 0. The summed E-state index contributed by atoms with van der Waals surface area (Å²) in [6.07, 6.45) is 7.66. The molecule has 19 heavy (non-hydrogen) atoms. The molecule has 1 aromatic rings. The first-order valence-corrected chi connectivity index (χ1v) is 6.64. The quantitative estimate of drug-likeness (QED) is 0.926. The average molecular weight is 284 g/mol. The first-order valence-electron chi connectivity index (χ1n) is 6.64. The second-order valence-electron chi connectivity index (χ2n) is 4.95. The number of halogens is 1. The van der Waals surface area contributed by atoms with Crippen LogP contribution >= 0.6 is 12.4 Å². The van der Waals surface area contributed by atoms with Crippen molar-refractivity contribution in [3.05, 3.63) is 29.6 Å². The van der Waals surface area contributed by atoms with Gasteiger partial charge in [-0.1, -0.05) is 19.3 Å². The highest BCUT2D eigenvalue weighted by Crippen LogP contribution is 2.22. The summed E-state index contributed by atoms with van der Waals surface area (Å²) in [6.45, 7) is 0.369. The second-order valence-corrected chi connectivity index (χ2v) is 4.95. The van der Waals surface area contributed by atoms with E-state index in [0.29, 0.717) is 18.2 Å². The molecule has 0 aromatic carbocycles. The summed E-state index contributed by atoms with van der Waals surface area (Å²) >= 11 is 0. The van der Waals surface area contributed by atoms with E-state index in [1.54, 1.807) is 18.3 Å². The van der Waals surface area contributed by atoms with E-state index in [1.807, 2.05) is 11.9 Å². The molecular weight excluding hydrogens is 262 g/mol. The minimum atomic E-state index is 0. The Balaban J connectivity index is 0.00000180. The highest BCUT2D eigenvalue weighted by molar-refractivity contribution is 5.94. The van der Waals surface area contributed by atoms with Crippen molar-refractivity contribution in [3.63, 3.8) is 0 Å². The largest absolute Gasteiger partial charge is 0.339 e. The number of amides is 1. The summed E-state index contributed by atoms with van der Waals surface area (Å²) in [6, 6.07) is 3.95. The van der Waals surface area contributed by atoms with Gasteiger partial charge >= 0.3 is 0 Å². The van der Waals surface area contributed by atoms with E-state index in [4.69, 9.17) is 5.73 Å². The fraction of sp³-hybridized carbons (Fsp3) is 0.571. The van der Waals surface area contributed by atoms with Crippen LogP contribution in [0.4, 0.5) is 0 Å². The van der Waals surface area contributed by atoms with Crippen LogP contribution in [0.3, 0.4) is 0 Å². The van der Waals surface area contributed by atoms with Crippen LogP contribution in [-0.2, 0) is 6.54 Å². The van der Waals surface area contributed by atoms with E-state index in [9.17, 15) is 4.79 Å². The van der Waals surface area contributed by atoms with Gasteiger partial charge in [-0.05, 0) is 25.0 Å². The van der Waals surface area contributed by atoms with Crippen LogP contribution in [0.25, 0.3) is 0 Å². The van der Waals surface area contributed by atoms with Crippen LogP contribution < -0.4 is 5.73 Å². The number of carbonyl (C=O) groups excluding carboxylic acids is 1. The molecule has 0 radical (unpaired) electrons. The maximum absolute atomic E-state index is 12.4. The van der Waals surface area contributed by atoms with E-state index in [-0.39, 0.29) is 18.3 Å². The summed E-state index contributed by atoms with van der Waals surface area (Å²) in [5, 5.41) is 0. The third-order valence-electron chi connectivity index (χ3n) is 3.72. The first-order chi connectivity index (χ1) is 8.72. The lowest BCUT2D eigenvalue weighted by molar-refractivity contribution is 0.0696. The lowest BCUT2D eigenvalue weighted by Gasteiger charge is -2.31. The Bertz CT molecular complexity index is 419. The van der Waals surface area contributed by atoms with Crippen molar-refractivity contribution >= 4 is 18.3 Å². The van der Waals surface area contributed by atoms with Crippen LogP contribution in [-0.4, -0.2) is 28.9 Å². The Hall–Kier alpha value is -1.13. The Morgan fingerprint density at radius 2 is 2.11 bits per heavy atom. The smallest absolute Gasteiger partial charge is 0.253 e. The predicted molar refractivity (Wildman–Crippen MR) is 78.3 cm³/mol. The van der Waals surface area contributed by atoms with E-state index in [2.05, 4.69) is 4.98 Å². The van der Waals surface area contributed by atoms with Crippen molar-refractivity contribution in [2.24, 2.45) is 5.73 Å². The molecule has 0 spiro atoms. The highest BCUT2D eigenvalue weighted by atomic mass is 35.5. The van der Waals surface area contributed by atoms with Crippen molar-refractivity contribution in [2.45, 2.75) is 44.7 Å². The van der Waals surface area contributed by atoms with Gasteiger partial charge in [0.2, 0.25) is 0 Å². The standard InChI is InChI=1S/C14H21N3O.ClH/c1-17(13-5-3-2-4-6-13)14(18)11-7-8-16-12(9-11)10-15;/h7-9,13H,2-6,10,15H2,1H3;1H. The Morgan fingerprint density at radius 1 is 1.42 bits per heavy atom. The van der Waals surface area contributed by atoms with E-state index in [0.717, 1.165) is 18.5 Å². The van der Waals surface area contributed by atoms with Crippen LogP contribution in [0.5, 0.6) is 0 Å². The molecule has 1 fully saturated rings. The molecule has 1 aliphatic carbocycles. The number of hydrogen-bond acceptors (Lipinski definition) is 3. The zero-order valence-corrected chi connectivity index (χ0v) is 12.2. The molecule has 0 unspecified atom stereocenters. The van der Waals surface area contributed by atoms with Gasteiger partial charge in [-0.3, -0.25) is 9.78 Å². The maximum atomic E-state index is 12.4. The molecule has 1 saturated carbocycles. The lowest BCUT2D eigenvalue weighted by atomic mass is 9.94. The number of carbonyl (C=O) groups is 1. The molecule has 1 heterocycles. The van der Waals surface area contributed by atoms with Crippen molar-refractivity contribution in [1.29, 1.82) is 0 Å². The maximum Gasteiger partial charge on any atom is 0.253 e.